The summed E-state index contributed by atoms with van der Waals surface area (Å²) in [4.78, 5) is 19.0. The van der Waals surface area contributed by atoms with E-state index in [-0.39, 0.29) is 17.5 Å². The van der Waals surface area contributed by atoms with Gasteiger partial charge in [0.2, 0.25) is 0 Å². The van der Waals surface area contributed by atoms with Crippen molar-refractivity contribution in [3.63, 3.8) is 0 Å². The van der Waals surface area contributed by atoms with Gasteiger partial charge in [-0.1, -0.05) is 24.3 Å². The summed E-state index contributed by atoms with van der Waals surface area (Å²) >= 11 is 0. The Balaban J connectivity index is 1.80. The van der Waals surface area contributed by atoms with E-state index in [2.05, 4.69) is 4.98 Å². The second-order valence-electron chi connectivity index (χ2n) is 6.83. The van der Waals surface area contributed by atoms with Gasteiger partial charge in [0.15, 0.2) is 0 Å². The lowest BCUT2D eigenvalue weighted by Crippen LogP contribution is -2.37. The van der Waals surface area contributed by atoms with E-state index in [9.17, 15) is 9.18 Å². The molecule has 28 heavy (non-hydrogen) atoms. The number of carbonyl (C=O) groups excluding carboxylic acids is 1. The lowest BCUT2D eigenvalue weighted by molar-refractivity contribution is 0.0678. The molecule has 1 amide bonds. The van der Waals surface area contributed by atoms with Gasteiger partial charge in [-0.2, -0.15) is 0 Å². The molecule has 0 atom stereocenters. The predicted molar refractivity (Wildman–Crippen MR) is 106 cm³/mol. The number of imidazole rings is 1. The van der Waals surface area contributed by atoms with Gasteiger partial charge >= 0.3 is 0 Å². The van der Waals surface area contributed by atoms with E-state index in [4.69, 9.17) is 4.74 Å². The van der Waals surface area contributed by atoms with Gasteiger partial charge in [0, 0.05) is 25.0 Å². The van der Waals surface area contributed by atoms with Gasteiger partial charge in [-0.15, -0.1) is 0 Å². The van der Waals surface area contributed by atoms with E-state index in [1.807, 2.05) is 48.9 Å². The van der Waals surface area contributed by atoms with E-state index in [1.165, 1.54) is 12.1 Å². The van der Waals surface area contributed by atoms with Gasteiger partial charge in [0.25, 0.3) is 5.91 Å². The number of carbonyl (C=O) groups is 1. The molecule has 1 aromatic heterocycles. The molecule has 0 saturated heterocycles. The van der Waals surface area contributed by atoms with E-state index >= 15 is 0 Å². The van der Waals surface area contributed by atoms with Crippen molar-refractivity contribution in [1.29, 1.82) is 0 Å². The van der Waals surface area contributed by atoms with Crippen molar-refractivity contribution in [1.82, 2.24) is 14.5 Å². The van der Waals surface area contributed by atoms with E-state index in [0.717, 1.165) is 17.1 Å². The summed E-state index contributed by atoms with van der Waals surface area (Å²) < 4.78 is 21.3. The molecule has 1 heterocycles. The number of benzene rings is 2. The molecule has 3 rings (SSSR count). The maximum atomic E-state index is 14.1. The van der Waals surface area contributed by atoms with Crippen molar-refractivity contribution in [2.45, 2.75) is 33.0 Å². The normalized spacial score (nSPS) is 10.9. The minimum atomic E-state index is -0.514. The third-order valence-electron chi connectivity index (χ3n) is 4.61. The molecule has 0 saturated carbocycles. The number of ether oxygens (including phenoxy) is 1. The fourth-order valence-corrected chi connectivity index (χ4v) is 2.99. The zero-order chi connectivity index (χ0) is 20.1. The van der Waals surface area contributed by atoms with Crippen LogP contribution in [0.5, 0.6) is 5.75 Å². The molecule has 0 aliphatic rings. The molecule has 3 aromatic rings. The van der Waals surface area contributed by atoms with Gasteiger partial charge < -0.3 is 14.2 Å². The Bertz CT molecular complexity index is 935. The molecule has 0 radical (unpaired) electrons. The van der Waals surface area contributed by atoms with Crippen LogP contribution in [0.4, 0.5) is 4.39 Å². The van der Waals surface area contributed by atoms with Crippen LogP contribution in [0.15, 0.2) is 60.9 Å². The first-order valence-electron chi connectivity index (χ1n) is 9.18. The highest BCUT2D eigenvalue weighted by atomic mass is 19.1. The summed E-state index contributed by atoms with van der Waals surface area (Å²) in [6, 6.07) is 13.8. The Morgan fingerprint density at radius 1 is 1.18 bits per heavy atom. The van der Waals surface area contributed by atoms with Crippen LogP contribution in [-0.4, -0.2) is 33.5 Å². The van der Waals surface area contributed by atoms with Crippen molar-refractivity contribution < 1.29 is 13.9 Å². The quantitative estimate of drug-likeness (QED) is 0.618. The number of aromatic nitrogens is 2. The molecule has 0 aliphatic carbocycles. The molecular formula is C22H24FN3O2. The molecule has 2 aromatic carbocycles. The molecule has 5 nitrogen and oxygen atoms in total. The van der Waals surface area contributed by atoms with E-state index in [1.54, 1.807) is 30.3 Å². The van der Waals surface area contributed by atoms with Gasteiger partial charge in [-0.3, -0.25) is 4.79 Å². The summed E-state index contributed by atoms with van der Waals surface area (Å²) in [5.41, 5.74) is 1.17. The zero-order valence-corrected chi connectivity index (χ0v) is 16.3. The van der Waals surface area contributed by atoms with Crippen LogP contribution >= 0.6 is 0 Å². The minimum Gasteiger partial charge on any atom is -0.497 e. The standard InChI is InChI=1S/C22H24FN3O2/c1-16(2)26(22(27)19-6-4-5-7-20(19)23)15-21-24-12-13-25(21)14-17-8-10-18(28-3)11-9-17/h4-13,16H,14-15H2,1-3H3. The number of rotatable bonds is 7. The highest BCUT2D eigenvalue weighted by molar-refractivity contribution is 5.94. The third-order valence-corrected chi connectivity index (χ3v) is 4.61. The van der Waals surface area contributed by atoms with Gasteiger partial charge in [-0.25, -0.2) is 9.37 Å². The van der Waals surface area contributed by atoms with Crippen LogP contribution in [-0.2, 0) is 13.1 Å². The fraction of sp³-hybridized carbons (Fsp3) is 0.273. The van der Waals surface area contributed by atoms with Crippen LogP contribution in [0.1, 0.15) is 35.6 Å². The second-order valence-corrected chi connectivity index (χ2v) is 6.83. The van der Waals surface area contributed by atoms with Gasteiger partial charge in [0.05, 0.1) is 19.2 Å². The van der Waals surface area contributed by atoms with Crippen molar-refractivity contribution >= 4 is 5.91 Å². The Kier molecular flexibility index (Phi) is 6.09. The van der Waals surface area contributed by atoms with Crippen LogP contribution in [0, 0.1) is 5.82 Å². The van der Waals surface area contributed by atoms with E-state index < -0.39 is 5.82 Å². The highest BCUT2D eigenvalue weighted by Gasteiger charge is 2.23. The molecule has 6 heteroatoms. The summed E-state index contributed by atoms with van der Waals surface area (Å²) in [5.74, 6) is 0.692. The van der Waals surface area contributed by atoms with Crippen molar-refractivity contribution in [3.05, 3.63) is 83.7 Å². The molecule has 0 aliphatic heterocycles. The topological polar surface area (TPSA) is 47.4 Å². The summed E-state index contributed by atoms with van der Waals surface area (Å²) in [5, 5.41) is 0. The molecule has 146 valence electrons. The first kappa shape index (κ1) is 19.6. The maximum absolute atomic E-state index is 14.1. The Morgan fingerprint density at radius 2 is 1.89 bits per heavy atom. The average Bonchev–Trinajstić information content (AvgIpc) is 3.13. The molecule has 0 N–H and O–H groups in total. The van der Waals surface area contributed by atoms with Crippen LogP contribution in [0.3, 0.4) is 0 Å². The third kappa shape index (κ3) is 4.39. The first-order chi connectivity index (χ1) is 13.5. The number of nitrogens with zero attached hydrogens (tertiary/aromatic N) is 3. The Morgan fingerprint density at radius 3 is 2.54 bits per heavy atom. The second kappa shape index (κ2) is 8.69. The lowest BCUT2D eigenvalue weighted by Gasteiger charge is -2.27. The summed E-state index contributed by atoms with van der Waals surface area (Å²) in [6.45, 7) is 4.75. The number of hydrogen-bond acceptors (Lipinski definition) is 3. The van der Waals surface area contributed by atoms with E-state index in [0.29, 0.717) is 13.1 Å². The molecule has 0 unspecified atom stereocenters. The van der Waals surface area contributed by atoms with Crippen LogP contribution < -0.4 is 4.74 Å². The minimum absolute atomic E-state index is 0.0736. The molecule has 0 fully saturated rings. The molecular weight excluding hydrogens is 357 g/mol. The van der Waals surface area contributed by atoms with Gasteiger partial charge in [0.1, 0.15) is 17.4 Å². The zero-order valence-electron chi connectivity index (χ0n) is 16.3. The summed E-state index contributed by atoms with van der Waals surface area (Å²) in [7, 11) is 1.63. The Labute approximate surface area is 164 Å². The fourth-order valence-electron chi connectivity index (χ4n) is 2.99. The Hall–Kier alpha value is -3.15. The first-order valence-corrected chi connectivity index (χ1v) is 9.18. The molecule has 0 spiro atoms. The van der Waals surface area contributed by atoms with Crippen molar-refractivity contribution in [2.75, 3.05) is 7.11 Å². The number of amides is 1. The number of halogens is 1. The number of methoxy groups -OCH3 is 1. The number of hydrogen-bond donors (Lipinski definition) is 0. The lowest BCUT2D eigenvalue weighted by atomic mass is 10.1. The van der Waals surface area contributed by atoms with Gasteiger partial charge in [-0.05, 0) is 43.7 Å². The highest BCUT2D eigenvalue weighted by Crippen LogP contribution is 2.17. The largest absolute Gasteiger partial charge is 0.497 e. The van der Waals surface area contributed by atoms with Crippen molar-refractivity contribution in [2.24, 2.45) is 0 Å². The predicted octanol–water partition coefficient (Wildman–Crippen LogP) is 4.13. The van der Waals surface area contributed by atoms with Crippen LogP contribution in [0.2, 0.25) is 0 Å². The average molecular weight is 381 g/mol. The van der Waals surface area contributed by atoms with Crippen molar-refractivity contribution in [3.8, 4) is 5.75 Å². The van der Waals surface area contributed by atoms with Crippen LogP contribution in [0.25, 0.3) is 0 Å². The molecule has 0 bridgehead atoms. The monoisotopic (exact) mass is 381 g/mol. The SMILES string of the molecule is COc1ccc(Cn2ccnc2CN(C(=O)c2ccccc2F)C(C)C)cc1. The smallest absolute Gasteiger partial charge is 0.257 e. The maximum Gasteiger partial charge on any atom is 0.257 e. The summed E-state index contributed by atoms with van der Waals surface area (Å²) in [6.07, 6.45) is 3.59.